The van der Waals surface area contributed by atoms with Crippen LogP contribution < -0.4 is 9.47 Å². The number of methoxy groups -OCH3 is 3. The van der Waals surface area contributed by atoms with Crippen LogP contribution in [0.4, 0.5) is 0 Å². The van der Waals surface area contributed by atoms with Gasteiger partial charge in [-0.2, -0.15) is 0 Å². The van der Waals surface area contributed by atoms with E-state index in [0.717, 1.165) is 11.1 Å². The minimum atomic E-state index is -0.501. The molecule has 1 aromatic carbocycles. The number of aromatic nitrogens is 1. The maximum absolute atomic E-state index is 13.0. The van der Waals surface area contributed by atoms with Gasteiger partial charge in [-0.3, -0.25) is 9.59 Å². The summed E-state index contributed by atoms with van der Waals surface area (Å²) >= 11 is 0. The van der Waals surface area contributed by atoms with Crippen LogP contribution in [-0.2, 0) is 16.0 Å². The van der Waals surface area contributed by atoms with Crippen LogP contribution in [0, 0.1) is 6.92 Å². The smallest absolute Gasteiger partial charge is 0.307 e. The molecule has 1 aliphatic rings. The van der Waals surface area contributed by atoms with Gasteiger partial charge in [0.25, 0.3) is 5.91 Å². The predicted octanol–water partition coefficient (Wildman–Crippen LogP) is 2.30. The highest BCUT2D eigenvalue weighted by Crippen LogP contribution is 2.40. The molecule has 2 aromatic rings. The molecule has 0 saturated heterocycles. The van der Waals surface area contributed by atoms with Crippen LogP contribution in [0.1, 0.15) is 39.8 Å². The fourth-order valence-electron chi connectivity index (χ4n) is 3.34. The van der Waals surface area contributed by atoms with Crippen molar-refractivity contribution in [2.75, 3.05) is 27.9 Å². The van der Waals surface area contributed by atoms with Crippen LogP contribution >= 0.6 is 0 Å². The van der Waals surface area contributed by atoms with E-state index >= 15 is 0 Å². The van der Waals surface area contributed by atoms with E-state index in [2.05, 4.69) is 5.16 Å². The van der Waals surface area contributed by atoms with Crippen LogP contribution in [0.15, 0.2) is 22.7 Å². The van der Waals surface area contributed by atoms with Crippen molar-refractivity contribution in [2.45, 2.75) is 25.8 Å². The molecule has 1 unspecified atom stereocenters. The van der Waals surface area contributed by atoms with E-state index in [0.29, 0.717) is 30.2 Å². The Bertz CT molecular complexity index is 860. The van der Waals surface area contributed by atoms with Gasteiger partial charge in [0, 0.05) is 12.6 Å². The van der Waals surface area contributed by atoms with Gasteiger partial charge in [0.1, 0.15) is 0 Å². The van der Waals surface area contributed by atoms with E-state index in [1.807, 2.05) is 12.1 Å². The molecular weight excluding hydrogens is 352 g/mol. The Morgan fingerprint density at radius 3 is 2.48 bits per heavy atom. The van der Waals surface area contributed by atoms with Crippen molar-refractivity contribution in [2.24, 2.45) is 0 Å². The molecule has 0 aliphatic carbocycles. The average Bonchev–Trinajstić information content (AvgIpc) is 3.12. The number of hydrogen-bond acceptors (Lipinski definition) is 7. The Labute approximate surface area is 157 Å². The zero-order valence-corrected chi connectivity index (χ0v) is 15.8. The monoisotopic (exact) mass is 374 g/mol. The second kappa shape index (κ2) is 7.69. The summed E-state index contributed by atoms with van der Waals surface area (Å²) in [4.78, 5) is 26.6. The van der Waals surface area contributed by atoms with Gasteiger partial charge in [-0.15, -0.1) is 0 Å². The molecule has 1 aromatic heterocycles. The van der Waals surface area contributed by atoms with Crippen LogP contribution in [-0.4, -0.2) is 49.8 Å². The highest BCUT2D eigenvalue weighted by atomic mass is 16.5. The van der Waals surface area contributed by atoms with Crippen LogP contribution in [0.3, 0.4) is 0 Å². The number of carbonyl (C=O) groups is 2. The first-order valence-corrected chi connectivity index (χ1v) is 8.54. The van der Waals surface area contributed by atoms with Crippen LogP contribution in [0.5, 0.6) is 11.5 Å². The SMILES string of the molecule is COC(=O)CC1c2cc(OC)c(OC)cc2CCN1C(=O)c1cc(C)no1. The Morgan fingerprint density at radius 2 is 1.89 bits per heavy atom. The van der Waals surface area contributed by atoms with Crippen molar-refractivity contribution in [3.8, 4) is 11.5 Å². The number of hydrogen-bond donors (Lipinski definition) is 0. The quantitative estimate of drug-likeness (QED) is 0.742. The maximum Gasteiger partial charge on any atom is 0.307 e. The number of amides is 1. The minimum Gasteiger partial charge on any atom is -0.493 e. The molecular formula is C19H22N2O6. The van der Waals surface area contributed by atoms with E-state index in [1.165, 1.54) is 7.11 Å². The first kappa shape index (κ1) is 18.8. The maximum atomic E-state index is 13.0. The fourth-order valence-corrected chi connectivity index (χ4v) is 3.34. The molecule has 2 heterocycles. The van der Waals surface area contributed by atoms with Crippen molar-refractivity contribution < 1.29 is 28.3 Å². The molecule has 8 heteroatoms. The first-order valence-electron chi connectivity index (χ1n) is 8.54. The summed E-state index contributed by atoms with van der Waals surface area (Å²) in [5.74, 6) is 0.569. The lowest BCUT2D eigenvalue weighted by atomic mass is 9.89. The van der Waals surface area contributed by atoms with Gasteiger partial charge in [-0.25, -0.2) is 0 Å². The van der Waals surface area contributed by atoms with Crippen molar-refractivity contribution >= 4 is 11.9 Å². The Hall–Kier alpha value is -3.03. The summed E-state index contributed by atoms with van der Waals surface area (Å²) in [5.41, 5.74) is 2.44. The molecule has 0 saturated carbocycles. The summed E-state index contributed by atoms with van der Waals surface area (Å²) in [7, 11) is 4.44. The zero-order chi connectivity index (χ0) is 19.6. The second-order valence-corrected chi connectivity index (χ2v) is 6.28. The molecule has 8 nitrogen and oxygen atoms in total. The third kappa shape index (κ3) is 3.60. The summed E-state index contributed by atoms with van der Waals surface area (Å²) < 4.78 is 20.7. The molecule has 0 spiro atoms. The van der Waals surface area contributed by atoms with Crippen molar-refractivity contribution in [3.05, 3.63) is 40.8 Å². The molecule has 0 fully saturated rings. The number of carbonyl (C=O) groups excluding carboxylic acids is 2. The fraction of sp³-hybridized carbons (Fsp3) is 0.421. The Kier molecular flexibility index (Phi) is 5.34. The summed E-state index contributed by atoms with van der Waals surface area (Å²) in [6.45, 7) is 2.18. The topological polar surface area (TPSA) is 91.1 Å². The van der Waals surface area contributed by atoms with Crippen molar-refractivity contribution in [1.82, 2.24) is 10.1 Å². The molecule has 1 amide bonds. The Balaban J connectivity index is 2.03. The van der Waals surface area contributed by atoms with Gasteiger partial charge in [0.15, 0.2) is 11.5 Å². The Morgan fingerprint density at radius 1 is 1.19 bits per heavy atom. The van der Waals surface area contributed by atoms with E-state index < -0.39 is 12.0 Å². The molecule has 1 atom stereocenters. The van der Waals surface area contributed by atoms with Gasteiger partial charge in [0.2, 0.25) is 5.76 Å². The van der Waals surface area contributed by atoms with E-state index in [4.69, 9.17) is 18.7 Å². The van der Waals surface area contributed by atoms with Crippen molar-refractivity contribution in [1.29, 1.82) is 0 Å². The largest absolute Gasteiger partial charge is 0.493 e. The summed E-state index contributed by atoms with van der Waals surface area (Å²) in [6.07, 6.45) is 0.643. The summed E-state index contributed by atoms with van der Waals surface area (Å²) in [6, 6.07) is 4.78. The molecule has 3 rings (SSSR count). The highest BCUT2D eigenvalue weighted by Gasteiger charge is 2.35. The van der Waals surface area contributed by atoms with Crippen LogP contribution in [0.2, 0.25) is 0 Å². The van der Waals surface area contributed by atoms with E-state index in [9.17, 15) is 9.59 Å². The molecule has 0 radical (unpaired) electrons. The van der Waals surface area contributed by atoms with Gasteiger partial charge in [-0.1, -0.05) is 5.16 Å². The average molecular weight is 374 g/mol. The number of rotatable bonds is 5. The van der Waals surface area contributed by atoms with E-state index in [-0.39, 0.29) is 18.1 Å². The standard InChI is InChI=1S/C19H22N2O6/c1-11-7-17(27-20-11)19(23)21-6-5-12-8-15(24-2)16(25-3)9-13(12)14(21)10-18(22)26-4/h7-9,14H,5-6,10H2,1-4H3. The van der Waals surface area contributed by atoms with Gasteiger partial charge < -0.3 is 23.6 Å². The lowest BCUT2D eigenvalue weighted by molar-refractivity contribution is -0.142. The van der Waals surface area contributed by atoms with E-state index in [1.54, 1.807) is 32.1 Å². The number of esters is 1. The van der Waals surface area contributed by atoms with Gasteiger partial charge >= 0.3 is 5.97 Å². The van der Waals surface area contributed by atoms with Crippen molar-refractivity contribution in [3.63, 3.8) is 0 Å². The summed E-state index contributed by atoms with van der Waals surface area (Å²) in [5, 5.41) is 3.78. The molecule has 1 aliphatic heterocycles. The molecule has 27 heavy (non-hydrogen) atoms. The third-order valence-electron chi connectivity index (χ3n) is 4.69. The molecule has 0 N–H and O–H groups in total. The first-order chi connectivity index (χ1) is 13.0. The van der Waals surface area contributed by atoms with Crippen LogP contribution in [0.25, 0.3) is 0 Å². The minimum absolute atomic E-state index is 0.0256. The third-order valence-corrected chi connectivity index (χ3v) is 4.69. The lowest BCUT2D eigenvalue weighted by Gasteiger charge is -2.36. The number of nitrogens with zero attached hydrogens (tertiary/aromatic N) is 2. The second-order valence-electron chi connectivity index (χ2n) is 6.28. The predicted molar refractivity (Wildman–Crippen MR) is 94.9 cm³/mol. The lowest BCUT2D eigenvalue weighted by Crippen LogP contribution is -2.41. The molecule has 0 bridgehead atoms. The molecule has 144 valence electrons. The number of fused-ring (bicyclic) bond motifs is 1. The number of benzene rings is 1. The highest BCUT2D eigenvalue weighted by molar-refractivity contribution is 5.92. The van der Waals surface area contributed by atoms with Gasteiger partial charge in [-0.05, 0) is 36.6 Å². The normalized spacial score (nSPS) is 15.9. The number of ether oxygens (including phenoxy) is 3. The van der Waals surface area contributed by atoms with Gasteiger partial charge in [0.05, 0.1) is 39.5 Å². The number of aryl methyl sites for hydroxylation is 1. The zero-order valence-electron chi connectivity index (χ0n) is 15.8.